The van der Waals surface area contributed by atoms with E-state index in [4.69, 9.17) is 10.2 Å². The van der Waals surface area contributed by atoms with E-state index in [-0.39, 0.29) is 5.04 Å². The van der Waals surface area contributed by atoms with Gasteiger partial charge in [0.05, 0.1) is 5.69 Å². The normalized spacial score (nSPS) is 15.8. The first-order valence-electron chi connectivity index (χ1n) is 9.71. The summed E-state index contributed by atoms with van der Waals surface area (Å²) in [6.07, 6.45) is 2.32. The van der Waals surface area contributed by atoms with Gasteiger partial charge in [-0.25, -0.2) is 0 Å². The van der Waals surface area contributed by atoms with Crippen LogP contribution < -0.4 is 10.2 Å². The molecule has 25 heavy (non-hydrogen) atoms. The molecule has 0 aliphatic rings. The van der Waals surface area contributed by atoms with Crippen LogP contribution in [0.15, 0.2) is 18.2 Å². The standard InChI is InChI=1S/C22H41NOSi/c1-16(13-17(2)21(3,4)5)14-18-11-12-20(19(23)15-18)24-25(9,10)22(6,7)8/h11-12,15-17H,13-14,23H2,1-10H3/t16-,17?/m1/s1. The Morgan fingerprint density at radius 2 is 1.60 bits per heavy atom. The number of rotatable bonds is 6. The summed E-state index contributed by atoms with van der Waals surface area (Å²) in [5.41, 5.74) is 8.77. The number of anilines is 1. The molecule has 144 valence electrons. The Morgan fingerprint density at radius 1 is 1.04 bits per heavy atom. The first-order chi connectivity index (χ1) is 11.1. The Balaban J connectivity index is 2.79. The lowest BCUT2D eigenvalue weighted by molar-refractivity contribution is 0.219. The van der Waals surface area contributed by atoms with Crippen LogP contribution in [0.2, 0.25) is 18.1 Å². The van der Waals surface area contributed by atoms with E-state index in [1.807, 2.05) is 0 Å². The highest BCUT2D eigenvalue weighted by atomic mass is 28.4. The summed E-state index contributed by atoms with van der Waals surface area (Å²) in [5, 5.41) is 0.176. The van der Waals surface area contributed by atoms with Crippen LogP contribution in [0.3, 0.4) is 0 Å². The van der Waals surface area contributed by atoms with Crippen molar-refractivity contribution in [2.75, 3.05) is 5.73 Å². The summed E-state index contributed by atoms with van der Waals surface area (Å²) in [5.74, 6) is 2.22. The van der Waals surface area contributed by atoms with Gasteiger partial charge in [-0.05, 0) is 65.9 Å². The fourth-order valence-corrected chi connectivity index (χ4v) is 3.73. The van der Waals surface area contributed by atoms with Gasteiger partial charge in [0.2, 0.25) is 0 Å². The zero-order valence-electron chi connectivity index (χ0n) is 18.3. The molecule has 0 saturated heterocycles. The second kappa shape index (κ2) is 7.73. The summed E-state index contributed by atoms with van der Waals surface area (Å²) in [6.45, 7) is 23.0. The Morgan fingerprint density at radius 3 is 2.04 bits per heavy atom. The largest absolute Gasteiger partial charge is 0.542 e. The number of nitrogens with two attached hydrogens (primary N) is 1. The van der Waals surface area contributed by atoms with Crippen LogP contribution >= 0.6 is 0 Å². The highest BCUT2D eigenvalue weighted by Gasteiger charge is 2.39. The van der Waals surface area contributed by atoms with Crippen LogP contribution in [0, 0.1) is 17.3 Å². The minimum atomic E-state index is -1.85. The van der Waals surface area contributed by atoms with Crippen molar-refractivity contribution in [1.82, 2.24) is 0 Å². The molecule has 1 aromatic carbocycles. The third kappa shape index (κ3) is 6.36. The quantitative estimate of drug-likeness (QED) is 0.440. The maximum absolute atomic E-state index is 6.38. The van der Waals surface area contributed by atoms with E-state index in [2.05, 4.69) is 86.7 Å². The molecule has 0 fully saturated rings. The summed E-state index contributed by atoms with van der Waals surface area (Å²) in [6, 6.07) is 6.38. The summed E-state index contributed by atoms with van der Waals surface area (Å²) >= 11 is 0. The van der Waals surface area contributed by atoms with E-state index in [1.54, 1.807) is 0 Å². The van der Waals surface area contributed by atoms with Crippen molar-refractivity contribution in [1.29, 1.82) is 0 Å². The van der Waals surface area contributed by atoms with Crippen molar-refractivity contribution in [3.63, 3.8) is 0 Å². The smallest absolute Gasteiger partial charge is 0.250 e. The number of hydrogen-bond acceptors (Lipinski definition) is 2. The highest BCUT2D eigenvalue weighted by molar-refractivity contribution is 6.74. The van der Waals surface area contributed by atoms with Gasteiger partial charge in [0.25, 0.3) is 8.32 Å². The van der Waals surface area contributed by atoms with Crippen LogP contribution in [0.25, 0.3) is 0 Å². The topological polar surface area (TPSA) is 35.2 Å². The molecule has 0 aliphatic carbocycles. The van der Waals surface area contributed by atoms with Crippen LogP contribution in [-0.2, 0) is 6.42 Å². The molecule has 0 radical (unpaired) electrons. The van der Waals surface area contributed by atoms with E-state index in [9.17, 15) is 0 Å². The minimum Gasteiger partial charge on any atom is -0.542 e. The zero-order chi connectivity index (χ0) is 19.6. The summed E-state index contributed by atoms with van der Waals surface area (Å²) in [4.78, 5) is 0. The van der Waals surface area contributed by atoms with Gasteiger partial charge in [0, 0.05) is 0 Å². The van der Waals surface area contributed by atoms with Gasteiger partial charge in [0.15, 0.2) is 0 Å². The molecular weight excluding hydrogens is 322 g/mol. The predicted molar refractivity (Wildman–Crippen MR) is 115 cm³/mol. The second-order valence-corrected chi connectivity index (χ2v) is 15.3. The summed E-state index contributed by atoms with van der Waals surface area (Å²) < 4.78 is 6.38. The Kier molecular flexibility index (Phi) is 6.83. The SMILES string of the molecule is CC(C[C@@H](C)Cc1ccc(O[Si](C)(C)C(C)(C)C)c(N)c1)C(C)(C)C. The average Bonchev–Trinajstić information content (AvgIpc) is 2.39. The molecule has 0 aliphatic heterocycles. The molecular formula is C22H41NOSi. The molecule has 2 N–H and O–H groups in total. The Labute approximate surface area is 157 Å². The average molecular weight is 364 g/mol. The molecule has 0 aromatic heterocycles. The molecule has 2 nitrogen and oxygen atoms in total. The molecule has 1 unspecified atom stereocenters. The van der Waals surface area contributed by atoms with Crippen molar-refractivity contribution in [2.45, 2.75) is 86.4 Å². The van der Waals surface area contributed by atoms with Gasteiger partial charge in [-0.3, -0.25) is 0 Å². The van der Waals surface area contributed by atoms with E-state index in [0.29, 0.717) is 17.3 Å². The van der Waals surface area contributed by atoms with Crippen LogP contribution in [0.1, 0.15) is 67.4 Å². The molecule has 1 rings (SSSR count). The van der Waals surface area contributed by atoms with Crippen molar-refractivity contribution in [2.24, 2.45) is 17.3 Å². The Hall–Kier alpha value is -0.963. The van der Waals surface area contributed by atoms with Gasteiger partial charge < -0.3 is 10.2 Å². The highest BCUT2D eigenvalue weighted by Crippen LogP contribution is 2.39. The Bertz CT molecular complexity index is 566. The van der Waals surface area contributed by atoms with Crippen LogP contribution in [0.4, 0.5) is 5.69 Å². The molecule has 0 saturated carbocycles. The van der Waals surface area contributed by atoms with Crippen molar-refractivity contribution in [3.05, 3.63) is 23.8 Å². The molecule has 1 aromatic rings. The number of hydrogen-bond donors (Lipinski definition) is 1. The fourth-order valence-electron chi connectivity index (χ4n) is 2.69. The maximum Gasteiger partial charge on any atom is 0.250 e. The maximum atomic E-state index is 6.38. The van der Waals surface area contributed by atoms with Gasteiger partial charge in [0.1, 0.15) is 5.75 Å². The monoisotopic (exact) mass is 363 g/mol. The number of nitrogen functional groups attached to an aromatic ring is 1. The summed E-state index contributed by atoms with van der Waals surface area (Å²) in [7, 11) is -1.85. The van der Waals surface area contributed by atoms with Crippen molar-refractivity contribution in [3.8, 4) is 5.75 Å². The third-order valence-corrected chi connectivity index (χ3v) is 10.4. The molecule has 0 spiro atoms. The lowest BCUT2D eigenvalue weighted by Crippen LogP contribution is -2.44. The van der Waals surface area contributed by atoms with Gasteiger partial charge in [-0.2, -0.15) is 0 Å². The molecule has 3 heteroatoms. The zero-order valence-corrected chi connectivity index (χ0v) is 19.3. The van der Waals surface area contributed by atoms with Crippen LogP contribution in [0.5, 0.6) is 5.75 Å². The number of benzene rings is 1. The molecule has 0 heterocycles. The van der Waals surface area contributed by atoms with Gasteiger partial charge in [-0.15, -0.1) is 0 Å². The lowest BCUT2D eigenvalue weighted by Gasteiger charge is -2.36. The van der Waals surface area contributed by atoms with E-state index in [1.165, 1.54) is 12.0 Å². The lowest BCUT2D eigenvalue weighted by atomic mass is 9.76. The first-order valence-corrected chi connectivity index (χ1v) is 12.6. The van der Waals surface area contributed by atoms with E-state index < -0.39 is 8.32 Å². The first kappa shape index (κ1) is 22.1. The van der Waals surface area contributed by atoms with Crippen molar-refractivity contribution < 1.29 is 4.43 Å². The molecule has 2 atom stereocenters. The van der Waals surface area contributed by atoms with E-state index >= 15 is 0 Å². The van der Waals surface area contributed by atoms with Crippen molar-refractivity contribution >= 4 is 14.0 Å². The third-order valence-electron chi connectivity index (χ3n) is 6.06. The van der Waals surface area contributed by atoms with Gasteiger partial charge >= 0.3 is 0 Å². The molecule has 0 amide bonds. The molecule has 0 bridgehead atoms. The predicted octanol–water partition coefficient (Wildman–Crippen LogP) is 6.90. The van der Waals surface area contributed by atoms with Crippen LogP contribution in [-0.4, -0.2) is 8.32 Å². The second-order valence-electron chi connectivity index (χ2n) is 10.5. The van der Waals surface area contributed by atoms with E-state index in [0.717, 1.165) is 17.9 Å². The van der Waals surface area contributed by atoms with Gasteiger partial charge in [-0.1, -0.05) is 61.5 Å². The minimum absolute atomic E-state index is 0.176. The fraction of sp³-hybridized carbons (Fsp3) is 0.727.